The standard InChI is InChI=1S/C11H17P/c1-3-12(4-2)10-11-8-6-5-7-9-11/h5-9H,3-4,10H2,1-2H3. The molecule has 0 bridgehead atoms. The normalized spacial score (nSPS) is 10.6. The molecule has 12 heavy (non-hydrogen) atoms. The molecule has 0 atom stereocenters. The van der Waals surface area contributed by atoms with Crippen LogP contribution >= 0.6 is 7.92 Å². The Morgan fingerprint density at radius 2 is 1.58 bits per heavy atom. The van der Waals surface area contributed by atoms with Crippen molar-refractivity contribution < 1.29 is 0 Å². The van der Waals surface area contributed by atoms with Crippen molar-refractivity contribution in [3.8, 4) is 0 Å². The summed E-state index contributed by atoms with van der Waals surface area (Å²) >= 11 is 0. The van der Waals surface area contributed by atoms with Crippen LogP contribution in [0, 0.1) is 0 Å². The predicted octanol–water partition coefficient (Wildman–Crippen LogP) is 3.71. The quantitative estimate of drug-likeness (QED) is 0.619. The van der Waals surface area contributed by atoms with Crippen molar-refractivity contribution in [2.24, 2.45) is 0 Å². The van der Waals surface area contributed by atoms with Gasteiger partial charge in [-0.1, -0.05) is 44.2 Å². The summed E-state index contributed by atoms with van der Waals surface area (Å²) in [7, 11) is 0.267. The fourth-order valence-electron chi connectivity index (χ4n) is 1.29. The van der Waals surface area contributed by atoms with E-state index in [0.717, 1.165) is 0 Å². The maximum Gasteiger partial charge on any atom is -0.00733 e. The van der Waals surface area contributed by atoms with Crippen LogP contribution in [0.3, 0.4) is 0 Å². The highest BCUT2D eigenvalue weighted by Crippen LogP contribution is 2.38. The predicted molar refractivity (Wildman–Crippen MR) is 58.1 cm³/mol. The van der Waals surface area contributed by atoms with Crippen molar-refractivity contribution in [3.05, 3.63) is 35.9 Å². The molecule has 0 aliphatic carbocycles. The SMILES string of the molecule is CCP(CC)Cc1ccccc1. The minimum atomic E-state index is 0.267. The van der Waals surface area contributed by atoms with Crippen LogP contribution in [0.2, 0.25) is 0 Å². The lowest BCUT2D eigenvalue weighted by atomic mass is 10.2. The van der Waals surface area contributed by atoms with Gasteiger partial charge in [-0.05, 0) is 24.0 Å². The van der Waals surface area contributed by atoms with E-state index in [0.29, 0.717) is 0 Å². The number of benzene rings is 1. The van der Waals surface area contributed by atoms with E-state index >= 15 is 0 Å². The molecule has 0 aliphatic rings. The van der Waals surface area contributed by atoms with Crippen molar-refractivity contribution in [1.29, 1.82) is 0 Å². The second-order valence-corrected chi connectivity index (χ2v) is 5.87. The summed E-state index contributed by atoms with van der Waals surface area (Å²) in [5, 5.41) is 0. The number of rotatable bonds is 4. The number of hydrogen-bond acceptors (Lipinski definition) is 0. The molecule has 0 saturated carbocycles. The van der Waals surface area contributed by atoms with Gasteiger partial charge in [-0.15, -0.1) is 7.92 Å². The maximum atomic E-state index is 2.30. The van der Waals surface area contributed by atoms with Crippen molar-refractivity contribution in [1.82, 2.24) is 0 Å². The highest BCUT2D eigenvalue weighted by atomic mass is 31.1. The Morgan fingerprint density at radius 1 is 1.00 bits per heavy atom. The first-order chi connectivity index (χ1) is 5.86. The summed E-state index contributed by atoms with van der Waals surface area (Å²) in [6, 6.07) is 10.8. The fraction of sp³-hybridized carbons (Fsp3) is 0.455. The second kappa shape index (κ2) is 5.32. The van der Waals surface area contributed by atoms with E-state index < -0.39 is 0 Å². The fourth-order valence-corrected chi connectivity index (χ4v) is 2.91. The minimum Gasteiger partial charge on any atom is -0.103 e. The van der Waals surface area contributed by atoms with Crippen LogP contribution in [0.4, 0.5) is 0 Å². The summed E-state index contributed by atoms with van der Waals surface area (Å²) in [6.45, 7) is 4.61. The van der Waals surface area contributed by atoms with E-state index in [4.69, 9.17) is 0 Å². The van der Waals surface area contributed by atoms with Crippen LogP contribution in [0.25, 0.3) is 0 Å². The molecule has 0 aliphatic heterocycles. The first-order valence-corrected chi connectivity index (χ1v) is 6.52. The maximum absolute atomic E-state index is 2.30. The molecule has 1 heteroatoms. The Bertz CT molecular complexity index is 202. The highest BCUT2D eigenvalue weighted by Gasteiger charge is 2.02. The Balaban J connectivity index is 2.51. The van der Waals surface area contributed by atoms with Gasteiger partial charge in [-0.25, -0.2) is 0 Å². The van der Waals surface area contributed by atoms with Crippen LogP contribution in [0.5, 0.6) is 0 Å². The van der Waals surface area contributed by atoms with Gasteiger partial charge in [0.25, 0.3) is 0 Å². The molecule has 1 aromatic carbocycles. The Morgan fingerprint density at radius 3 is 2.08 bits per heavy atom. The summed E-state index contributed by atoms with van der Waals surface area (Å²) in [4.78, 5) is 0. The summed E-state index contributed by atoms with van der Waals surface area (Å²) in [6.07, 6.45) is 4.03. The lowest BCUT2D eigenvalue weighted by Gasteiger charge is -2.12. The molecule has 1 aromatic rings. The molecular weight excluding hydrogens is 163 g/mol. The van der Waals surface area contributed by atoms with Crippen molar-refractivity contribution in [2.45, 2.75) is 20.0 Å². The monoisotopic (exact) mass is 180 g/mol. The van der Waals surface area contributed by atoms with E-state index in [-0.39, 0.29) is 7.92 Å². The van der Waals surface area contributed by atoms with Gasteiger partial charge >= 0.3 is 0 Å². The van der Waals surface area contributed by atoms with Gasteiger partial charge in [-0.2, -0.15) is 0 Å². The average molecular weight is 180 g/mol. The molecule has 0 unspecified atom stereocenters. The van der Waals surface area contributed by atoms with Crippen LogP contribution < -0.4 is 0 Å². The first kappa shape index (κ1) is 9.74. The molecule has 0 radical (unpaired) electrons. The molecule has 0 aromatic heterocycles. The summed E-state index contributed by atoms with van der Waals surface area (Å²) in [5.74, 6) is 0. The zero-order valence-electron chi connectivity index (χ0n) is 7.96. The smallest absolute Gasteiger partial charge is 0.00733 e. The van der Waals surface area contributed by atoms with Gasteiger partial charge in [0.05, 0.1) is 0 Å². The lowest BCUT2D eigenvalue weighted by molar-refractivity contribution is 1.31. The van der Waals surface area contributed by atoms with Gasteiger partial charge in [0.15, 0.2) is 0 Å². The molecule has 0 heterocycles. The first-order valence-electron chi connectivity index (χ1n) is 4.63. The molecular formula is C11H17P. The van der Waals surface area contributed by atoms with Crippen LogP contribution in [0.1, 0.15) is 19.4 Å². The highest BCUT2D eigenvalue weighted by molar-refractivity contribution is 7.56. The summed E-state index contributed by atoms with van der Waals surface area (Å²) in [5.41, 5.74) is 1.51. The van der Waals surface area contributed by atoms with Gasteiger partial charge < -0.3 is 0 Å². The zero-order chi connectivity index (χ0) is 8.81. The Kier molecular flexibility index (Phi) is 4.32. The molecule has 0 nitrogen and oxygen atoms in total. The average Bonchev–Trinajstić information content (AvgIpc) is 2.16. The van der Waals surface area contributed by atoms with Gasteiger partial charge in [0, 0.05) is 0 Å². The van der Waals surface area contributed by atoms with Crippen LogP contribution in [-0.2, 0) is 6.16 Å². The van der Waals surface area contributed by atoms with Crippen molar-refractivity contribution in [3.63, 3.8) is 0 Å². The minimum absolute atomic E-state index is 0.267. The van der Waals surface area contributed by atoms with Crippen LogP contribution in [-0.4, -0.2) is 12.3 Å². The molecule has 0 N–H and O–H groups in total. The van der Waals surface area contributed by atoms with E-state index in [1.807, 2.05) is 0 Å². The summed E-state index contributed by atoms with van der Waals surface area (Å²) < 4.78 is 0. The third-order valence-corrected chi connectivity index (χ3v) is 4.74. The zero-order valence-corrected chi connectivity index (χ0v) is 8.85. The van der Waals surface area contributed by atoms with E-state index in [2.05, 4.69) is 44.2 Å². The van der Waals surface area contributed by atoms with Gasteiger partial charge in [0.2, 0.25) is 0 Å². The largest absolute Gasteiger partial charge is 0.103 e. The van der Waals surface area contributed by atoms with Crippen LogP contribution in [0.15, 0.2) is 30.3 Å². The molecule has 66 valence electrons. The van der Waals surface area contributed by atoms with Gasteiger partial charge in [-0.3, -0.25) is 0 Å². The molecule has 1 rings (SSSR count). The Labute approximate surface area is 76.8 Å². The number of hydrogen-bond donors (Lipinski definition) is 0. The third-order valence-electron chi connectivity index (χ3n) is 2.14. The second-order valence-electron chi connectivity index (χ2n) is 2.95. The molecule has 0 saturated heterocycles. The van der Waals surface area contributed by atoms with E-state index in [1.54, 1.807) is 0 Å². The molecule has 0 amide bonds. The third kappa shape index (κ3) is 2.95. The topological polar surface area (TPSA) is 0 Å². The van der Waals surface area contributed by atoms with Gasteiger partial charge in [0.1, 0.15) is 0 Å². The molecule has 0 spiro atoms. The van der Waals surface area contributed by atoms with Crippen molar-refractivity contribution in [2.75, 3.05) is 12.3 Å². The lowest BCUT2D eigenvalue weighted by Crippen LogP contribution is -1.88. The van der Waals surface area contributed by atoms with E-state index in [9.17, 15) is 0 Å². The van der Waals surface area contributed by atoms with E-state index in [1.165, 1.54) is 24.0 Å². The van der Waals surface area contributed by atoms with Crippen molar-refractivity contribution >= 4 is 7.92 Å². The Hall–Kier alpha value is -0.350. The molecule has 0 fully saturated rings.